The molecule has 0 amide bonds. The van der Waals surface area contributed by atoms with Crippen LogP contribution in [0.25, 0.3) is 0 Å². The summed E-state index contributed by atoms with van der Waals surface area (Å²) in [6, 6.07) is 1.91. The Hall–Kier alpha value is -1.40. The number of nitro groups is 1. The summed E-state index contributed by atoms with van der Waals surface area (Å²) in [6.45, 7) is 3.61. The number of hydrogen-bond donors (Lipinski definition) is 2. The Bertz CT molecular complexity index is 461. The van der Waals surface area contributed by atoms with Gasteiger partial charge < -0.3 is 10.6 Å². The molecule has 98 valence electrons. The maximum Gasteiger partial charge on any atom is 0.329 e. The lowest BCUT2D eigenvalue weighted by Crippen LogP contribution is -2.35. The molecular formula is C11H15ClN4O2. The van der Waals surface area contributed by atoms with Gasteiger partial charge in [0.25, 0.3) is 0 Å². The van der Waals surface area contributed by atoms with Gasteiger partial charge in [-0.15, -0.1) is 0 Å². The molecule has 1 aromatic rings. The van der Waals surface area contributed by atoms with Crippen molar-refractivity contribution in [1.29, 1.82) is 0 Å². The predicted molar refractivity (Wildman–Crippen MR) is 70.2 cm³/mol. The molecule has 6 nitrogen and oxygen atoms in total. The summed E-state index contributed by atoms with van der Waals surface area (Å²) < 4.78 is 0. The third-order valence-corrected chi connectivity index (χ3v) is 3.22. The lowest BCUT2D eigenvalue weighted by molar-refractivity contribution is -0.384. The highest BCUT2D eigenvalue weighted by molar-refractivity contribution is 6.32. The average Bonchev–Trinajstić information content (AvgIpc) is 2.28. The molecule has 18 heavy (non-hydrogen) atoms. The Balaban J connectivity index is 2.27. The number of hydrogen-bond acceptors (Lipinski definition) is 5. The number of nitrogens with one attached hydrogen (secondary N) is 2. The summed E-state index contributed by atoms with van der Waals surface area (Å²) in [4.78, 5) is 14.5. The first-order valence-corrected chi connectivity index (χ1v) is 6.24. The summed E-state index contributed by atoms with van der Waals surface area (Å²) in [5, 5.41) is 17.4. The molecule has 1 fully saturated rings. The molecule has 0 aliphatic carbocycles. The molecule has 0 saturated carbocycles. The quantitative estimate of drug-likeness (QED) is 0.500. The molecule has 2 rings (SSSR count). The highest BCUT2D eigenvalue weighted by Crippen LogP contribution is 2.32. The van der Waals surface area contributed by atoms with E-state index in [0.717, 1.165) is 25.9 Å². The second-order valence-corrected chi connectivity index (χ2v) is 4.73. The van der Waals surface area contributed by atoms with Crippen molar-refractivity contribution in [1.82, 2.24) is 10.3 Å². The van der Waals surface area contributed by atoms with Crippen LogP contribution in [0.4, 0.5) is 11.4 Å². The summed E-state index contributed by atoms with van der Waals surface area (Å²) in [5.74, 6) is 0. The minimum absolute atomic E-state index is 0.0589. The van der Waals surface area contributed by atoms with E-state index in [0.29, 0.717) is 11.4 Å². The van der Waals surface area contributed by atoms with Gasteiger partial charge in [0, 0.05) is 11.7 Å². The van der Waals surface area contributed by atoms with Crippen LogP contribution in [-0.4, -0.2) is 29.0 Å². The zero-order chi connectivity index (χ0) is 13.1. The topological polar surface area (TPSA) is 80.1 Å². The van der Waals surface area contributed by atoms with Gasteiger partial charge >= 0.3 is 5.69 Å². The fourth-order valence-corrected chi connectivity index (χ4v) is 2.40. The van der Waals surface area contributed by atoms with Crippen LogP contribution in [0.5, 0.6) is 0 Å². The second-order valence-electron chi connectivity index (χ2n) is 4.38. The highest BCUT2D eigenvalue weighted by atomic mass is 35.5. The normalized spacial score (nSPS) is 16.6. The molecule has 0 aromatic carbocycles. The molecule has 0 atom stereocenters. The van der Waals surface area contributed by atoms with Gasteiger partial charge in [0.15, 0.2) is 0 Å². The third-order valence-electron chi connectivity index (χ3n) is 2.96. The van der Waals surface area contributed by atoms with Gasteiger partial charge in [0.2, 0.25) is 5.15 Å². The first kappa shape index (κ1) is 13.0. The minimum Gasteiger partial charge on any atom is -0.377 e. The van der Waals surface area contributed by atoms with Crippen LogP contribution in [0.3, 0.4) is 0 Å². The van der Waals surface area contributed by atoms with Crippen LogP contribution < -0.4 is 10.6 Å². The summed E-state index contributed by atoms with van der Waals surface area (Å²) >= 11 is 5.84. The fourth-order valence-electron chi connectivity index (χ4n) is 2.10. The Morgan fingerprint density at radius 1 is 1.56 bits per heavy atom. The molecule has 0 radical (unpaired) electrons. The zero-order valence-electron chi connectivity index (χ0n) is 10.1. The van der Waals surface area contributed by atoms with Crippen molar-refractivity contribution in [3.05, 3.63) is 27.0 Å². The van der Waals surface area contributed by atoms with E-state index in [-0.39, 0.29) is 16.9 Å². The van der Waals surface area contributed by atoms with Crippen molar-refractivity contribution in [3.8, 4) is 0 Å². The van der Waals surface area contributed by atoms with Crippen LogP contribution in [-0.2, 0) is 0 Å². The monoisotopic (exact) mass is 270 g/mol. The number of anilines is 1. The predicted octanol–water partition coefficient (Wildman–Crippen LogP) is 2.12. The van der Waals surface area contributed by atoms with Crippen molar-refractivity contribution in [3.63, 3.8) is 0 Å². The maximum absolute atomic E-state index is 11.0. The number of halogens is 1. The number of aromatic nitrogens is 1. The van der Waals surface area contributed by atoms with Gasteiger partial charge in [-0.25, -0.2) is 4.98 Å². The van der Waals surface area contributed by atoms with Gasteiger partial charge in [0.1, 0.15) is 5.69 Å². The molecule has 2 N–H and O–H groups in total. The fraction of sp³-hybridized carbons (Fsp3) is 0.545. The number of nitrogens with zero attached hydrogens (tertiary/aromatic N) is 2. The molecule has 1 aromatic heterocycles. The zero-order valence-corrected chi connectivity index (χ0v) is 10.8. The largest absolute Gasteiger partial charge is 0.377 e. The first-order valence-electron chi connectivity index (χ1n) is 5.86. The lowest BCUT2D eigenvalue weighted by Gasteiger charge is -2.24. The van der Waals surface area contributed by atoms with Gasteiger partial charge in [-0.2, -0.15) is 0 Å². The number of piperidine rings is 1. The molecule has 0 unspecified atom stereocenters. The van der Waals surface area contributed by atoms with E-state index >= 15 is 0 Å². The molecule has 7 heteroatoms. The lowest BCUT2D eigenvalue weighted by atomic mass is 10.1. The molecular weight excluding hydrogens is 256 g/mol. The number of aryl methyl sites for hydroxylation is 1. The van der Waals surface area contributed by atoms with Crippen LogP contribution in [0.1, 0.15) is 18.5 Å². The molecule has 2 heterocycles. The van der Waals surface area contributed by atoms with Gasteiger partial charge in [-0.3, -0.25) is 10.1 Å². The van der Waals surface area contributed by atoms with Crippen molar-refractivity contribution in [2.24, 2.45) is 0 Å². The summed E-state index contributed by atoms with van der Waals surface area (Å²) in [6.07, 6.45) is 1.88. The molecule has 1 aliphatic heterocycles. The summed E-state index contributed by atoms with van der Waals surface area (Å²) in [5.41, 5.74) is 0.993. The highest BCUT2D eigenvalue weighted by Gasteiger charge is 2.23. The van der Waals surface area contributed by atoms with E-state index in [4.69, 9.17) is 11.6 Å². The summed E-state index contributed by atoms with van der Waals surface area (Å²) in [7, 11) is 0. The van der Waals surface area contributed by atoms with Crippen molar-refractivity contribution in [2.45, 2.75) is 25.8 Å². The second kappa shape index (κ2) is 5.49. The molecule has 0 spiro atoms. The van der Waals surface area contributed by atoms with E-state index in [1.54, 1.807) is 13.0 Å². The minimum atomic E-state index is -0.488. The van der Waals surface area contributed by atoms with Crippen molar-refractivity contribution < 1.29 is 4.92 Å². The Morgan fingerprint density at radius 3 is 2.83 bits per heavy atom. The maximum atomic E-state index is 11.0. The van der Waals surface area contributed by atoms with Gasteiger partial charge in [-0.05, 0) is 38.9 Å². The van der Waals surface area contributed by atoms with Gasteiger partial charge in [-0.1, -0.05) is 11.6 Å². The van der Waals surface area contributed by atoms with Crippen LogP contribution in [0.2, 0.25) is 5.15 Å². The Morgan fingerprint density at radius 2 is 2.22 bits per heavy atom. The van der Waals surface area contributed by atoms with Gasteiger partial charge in [0.05, 0.1) is 4.92 Å². The van der Waals surface area contributed by atoms with Crippen LogP contribution in [0.15, 0.2) is 6.07 Å². The average molecular weight is 271 g/mol. The van der Waals surface area contributed by atoms with Crippen LogP contribution >= 0.6 is 11.6 Å². The van der Waals surface area contributed by atoms with Crippen molar-refractivity contribution in [2.75, 3.05) is 18.4 Å². The molecule has 1 aliphatic rings. The first-order chi connectivity index (χ1) is 8.58. The van der Waals surface area contributed by atoms with E-state index in [1.165, 1.54) is 0 Å². The Labute approximate surface area is 110 Å². The van der Waals surface area contributed by atoms with E-state index < -0.39 is 4.92 Å². The molecule has 1 saturated heterocycles. The smallest absolute Gasteiger partial charge is 0.329 e. The SMILES string of the molecule is Cc1cc(NC2CCNCC2)c([N+](=O)[O-])c(Cl)n1. The molecule has 0 bridgehead atoms. The third kappa shape index (κ3) is 2.88. The number of rotatable bonds is 3. The van der Waals surface area contributed by atoms with E-state index in [9.17, 15) is 10.1 Å². The number of pyridine rings is 1. The van der Waals surface area contributed by atoms with E-state index in [1.807, 2.05) is 0 Å². The van der Waals surface area contributed by atoms with Crippen molar-refractivity contribution >= 4 is 23.0 Å². The Kier molecular flexibility index (Phi) is 3.98. The van der Waals surface area contributed by atoms with Crippen LogP contribution in [0, 0.1) is 17.0 Å². The van der Waals surface area contributed by atoms with E-state index in [2.05, 4.69) is 15.6 Å². The standard InChI is InChI=1S/C11H15ClN4O2/c1-7-6-9(10(16(17)18)11(12)14-7)15-8-2-4-13-5-3-8/h6,8,13H,2-5H2,1H3,(H,14,15).